The van der Waals surface area contributed by atoms with Gasteiger partial charge in [0.2, 0.25) is 0 Å². The first-order valence-corrected chi connectivity index (χ1v) is 12.2. The highest BCUT2D eigenvalue weighted by molar-refractivity contribution is 6.36. The van der Waals surface area contributed by atoms with E-state index in [0.29, 0.717) is 10.6 Å². The van der Waals surface area contributed by atoms with Crippen LogP contribution in [0.25, 0.3) is 0 Å². The van der Waals surface area contributed by atoms with Gasteiger partial charge in [-0.1, -0.05) is 96.0 Å². The van der Waals surface area contributed by atoms with Gasteiger partial charge in [0.25, 0.3) is 5.91 Å². The van der Waals surface area contributed by atoms with Gasteiger partial charge in [-0.05, 0) is 47.0 Å². The third-order valence-electron chi connectivity index (χ3n) is 5.91. The number of hydrogen-bond donors (Lipinski definition) is 1. The number of carbonyl (C=O) groups excluding carboxylic acids is 1. The SMILES string of the molecule is O=C(N/N=C\c1ccc(N2N=C(c3ccccc3)C[C@H]2c2ccccc2)cc1)c1ccc(Cl)cc1Cl. The lowest BCUT2D eigenvalue weighted by Crippen LogP contribution is -2.18. The van der Waals surface area contributed by atoms with Crippen LogP contribution in [0, 0.1) is 0 Å². The van der Waals surface area contributed by atoms with E-state index in [4.69, 9.17) is 28.3 Å². The van der Waals surface area contributed by atoms with Crippen LogP contribution in [0.3, 0.4) is 0 Å². The molecule has 36 heavy (non-hydrogen) atoms. The number of hydrazone groups is 2. The second-order valence-corrected chi connectivity index (χ2v) is 9.15. The van der Waals surface area contributed by atoms with Crippen LogP contribution in [-0.4, -0.2) is 17.8 Å². The average Bonchev–Trinajstić information content (AvgIpc) is 3.36. The average molecular weight is 513 g/mol. The molecule has 5 nitrogen and oxygen atoms in total. The minimum Gasteiger partial charge on any atom is -0.267 e. The van der Waals surface area contributed by atoms with E-state index in [0.717, 1.165) is 28.9 Å². The van der Waals surface area contributed by atoms with E-state index in [1.165, 1.54) is 11.6 Å². The summed E-state index contributed by atoms with van der Waals surface area (Å²) >= 11 is 12.0. The lowest BCUT2D eigenvalue weighted by molar-refractivity contribution is 0.0955. The van der Waals surface area contributed by atoms with Gasteiger partial charge >= 0.3 is 0 Å². The topological polar surface area (TPSA) is 57.1 Å². The van der Waals surface area contributed by atoms with Gasteiger partial charge in [-0.25, -0.2) is 5.43 Å². The summed E-state index contributed by atoms with van der Waals surface area (Å²) in [6.07, 6.45) is 2.40. The van der Waals surface area contributed by atoms with Crippen molar-refractivity contribution in [3.63, 3.8) is 0 Å². The molecule has 4 aromatic carbocycles. The Labute approximate surface area is 219 Å². The van der Waals surface area contributed by atoms with Crippen LogP contribution in [-0.2, 0) is 0 Å². The van der Waals surface area contributed by atoms with Crippen molar-refractivity contribution < 1.29 is 4.79 Å². The number of rotatable bonds is 6. The number of carbonyl (C=O) groups is 1. The summed E-state index contributed by atoms with van der Waals surface area (Å²) in [5.74, 6) is -0.407. The van der Waals surface area contributed by atoms with E-state index < -0.39 is 5.91 Å². The van der Waals surface area contributed by atoms with E-state index in [2.05, 4.69) is 51.9 Å². The second-order valence-electron chi connectivity index (χ2n) is 8.30. The normalized spacial score (nSPS) is 15.2. The monoisotopic (exact) mass is 512 g/mol. The molecular formula is C29H22Cl2N4O. The Kier molecular flexibility index (Phi) is 7.12. The van der Waals surface area contributed by atoms with Crippen molar-refractivity contribution in [3.05, 3.63) is 135 Å². The lowest BCUT2D eigenvalue weighted by Gasteiger charge is -2.24. The molecule has 7 heteroatoms. The van der Waals surface area contributed by atoms with E-state index in [1.807, 2.05) is 48.5 Å². The highest BCUT2D eigenvalue weighted by Crippen LogP contribution is 2.36. The van der Waals surface area contributed by atoms with Crippen molar-refractivity contribution in [2.75, 3.05) is 5.01 Å². The molecule has 1 aliphatic rings. The van der Waals surface area contributed by atoms with Crippen molar-refractivity contribution in [1.82, 2.24) is 5.43 Å². The van der Waals surface area contributed by atoms with Gasteiger partial charge in [0.05, 0.1) is 34.2 Å². The molecule has 0 aliphatic carbocycles. The Morgan fingerprint density at radius 1 is 0.917 bits per heavy atom. The minimum atomic E-state index is -0.407. The predicted molar refractivity (Wildman–Crippen MR) is 147 cm³/mol. The molecule has 4 aromatic rings. The fraction of sp³-hybridized carbons (Fsp3) is 0.0690. The molecule has 5 rings (SSSR count). The maximum Gasteiger partial charge on any atom is 0.272 e. The maximum absolute atomic E-state index is 12.3. The van der Waals surface area contributed by atoms with Crippen LogP contribution < -0.4 is 10.4 Å². The van der Waals surface area contributed by atoms with Crippen molar-refractivity contribution in [3.8, 4) is 0 Å². The molecule has 0 aromatic heterocycles. The van der Waals surface area contributed by atoms with E-state index in [1.54, 1.807) is 18.3 Å². The number of amides is 1. The standard InChI is InChI=1S/C29H22Cl2N4O/c30-23-13-16-25(26(31)17-23)29(36)33-32-19-20-11-14-24(15-12-20)35-28(22-9-5-2-6-10-22)18-27(34-35)21-7-3-1-4-8-21/h1-17,19,28H,18H2,(H,33,36)/b32-19-/t28-/m0/s1. The van der Waals surface area contributed by atoms with Crippen LogP contribution in [0.1, 0.15) is 39.5 Å². The van der Waals surface area contributed by atoms with Crippen molar-refractivity contribution in [2.24, 2.45) is 10.2 Å². The van der Waals surface area contributed by atoms with Crippen LogP contribution in [0.4, 0.5) is 5.69 Å². The molecule has 0 fully saturated rings. The largest absolute Gasteiger partial charge is 0.272 e. The van der Waals surface area contributed by atoms with Gasteiger partial charge in [0, 0.05) is 11.4 Å². The first kappa shape index (κ1) is 23.8. The molecule has 1 N–H and O–H groups in total. The molecule has 0 saturated heterocycles. The van der Waals surface area contributed by atoms with Crippen molar-refractivity contribution in [2.45, 2.75) is 12.5 Å². The zero-order chi connectivity index (χ0) is 24.9. The number of nitrogens with zero attached hydrogens (tertiary/aromatic N) is 3. The smallest absolute Gasteiger partial charge is 0.267 e. The fourth-order valence-electron chi connectivity index (χ4n) is 4.10. The highest BCUT2D eigenvalue weighted by Gasteiger charge is 2.29. The van der Waals surface area contributed by atoms with Crippen molar-refractivity contribution in [1.29, 1.82) is 0 Å². The van der Waals surface area contributed by atoms with E-state index in [9.17, 15) is 4.79 Å². The van der Waals surface area contributed by atoms with Crippen molar-refractivity contribution >= 4 is 46.7 Å². The Morgan fingerprint density at radius 2 is 1.61 bits per heavy atom. The Balaban J connectivity index is 1.33. The molecule has 0 bridgehead atoms. The zero-order valence-electron chi connectivity index (χ0n) is 19.2. The minimum absolute atomic E-state index is 0.101. The summed E-state index contributed by atoms with van der Waals surface area (Å²) in [4.78, 5) is 12.3. The summed E-state index contributed by atoms with van der Waals surface area (Å²) in [5.41, 5.74) is 8.01. The molecular weight excluding hydrogens is 491 g/mol. The molecule has 1 amide bonds. The molecule has 0 saturated carbocycles. The third-order valence-corrected chi connectivity index (χ3v) is 6.46. The zero-order valence-corrected chi connectivity index (χ0v) is 20.7. The number of nitrogens with one attached hydrogen (secondary N) is 1. The van der Waals surface area contributed by atoms with Gasteiger partial charge in [0.15, 0.2) is 0 Å². The summed E-state index contributed by atoms with van der Waals surface area (Å²) in [6.45, 7) is 0. The number of benzene rings is 4. The van der Waals surface area contributed by atoms with Gasteiger partial charge in [-0.15, -0.1) is 0 Å². The Bertz CT molecular complexity index is 1420. The maximum atomic E-state index is 12.3. The molecule has 1 atom stereocenters. The predicted octanol–water partition coefficient (Wildman–Crippen LogP) is 7.11. The second kappa shape index (κ2) is 10.8. The van der Waals surface area contributed by atoms with Crippen LogP contribution in [0.5, 0.6) is 0 Å². The summed E-state index contributed by atoms with van der Waals surface area (Å²) < 4.78 is 0. The molecule has 1 aliphatic heterocycles. The van der Waals surface area contributed by atoms with Gasteiger partial charge < -0.3 is 0 Å². The van der Waals surface area contributed by atoms with E-state index in [-0.39, 0.29) is 11.1 Å². The molecule has 0 radical (unpaired) electrons. The Morgan fingerprint density at radius 3 is 2.31 bits per heavy atom. The van der Waals surface area contributed by atoms with Crippen LogP contribution in [0.2, 0.25) is 10.0 Å². The van der Waals surface area contributed by atoms with Gasteiger partial charge in [-0.3, -0.25) is 9.80 Å². The molecule has 0 unspecified atom stereocenters. The first-order valence-electron chi connectivity index (χ1n) is 11.4. The molecule has 178 valence electrons. The first-order chi connectivity index (χ1) is 17.6. The highest BCUT2D eigenvalue weighted by atomic mass is 35.5. The summed E-state index contributed by atoms with van der Waals surface area (Å²) in [7, 11) is 0. The lowest BCUT2D eigenvalue weighted by atomic mass is 9.98. The van der Waals surface area contributed by atoms with Crippen LogP contribution in [0.15, 0.2) is 113 Å². The number of hydrogen-bond acceptors (Lipinski definition) is 4. The molecule has 1 heterocycles. The Hall–Kier alpha value is -3.93. The van der Waals surface area contributed by atoms with Gasteiger partial charge in [0.1, 0.15) is 0 Å². The molecule has 0 spiro atoms. The number of anilines is 1. The summed E-state index contributed by atoms with van der Waals surface area (Å²) in [5, 5.41) is 11.9. The van der Waals surface area contributed by atoms with Gasteiger partial charge in [-0.2, -0.15) is 10.2 Å². The fourth-order valence-corrected chi connectivity index (χ4v) is 4.59. The third kappa shape index (κ3) is 5.33. The summed E-state index contributed by atoms with van der Waals surface area (Å²) in [6, 6.07) is 33.4. The van der Waals surface area contributed by atoms with E-state index >= 15 is 0 Å². The quantitative estimate of drug-likeness (QED) is 0.221. The van der Waals surface area contributed by atoms with Crippen LogP contribution >= 0.6 is 23.2 Å². The number of halogens is 2.